The first-order valence-corrected chi connectivity index (χ1v) is 14.6. The zero-order chi connectivity index (χ0) is 28.9. The van der Waals surface area contributed by atoms with Gasteiger partial charge in [0.2, 0.25) is 0 Å². The maximum atomic E-state index is 13.0. The molecule has 9 nitrogen and oxygen atoms in total. The van der Waals surface area contributed by atoms with Gasteiger partial charge in [-0.3, -0.25) is 9.59 Å². The molecule has 0 aromatic rings. The molecule has 1 aliphatic heterocycles. The molecule has 0 N–H and O–H groups in total. The first-order chi connectivity index (χ1) is 17.9. The summed E-state index contributed by atoms with van der Waals surface area (Å²) in [4.78, 5) is 38.3. The van der Waals surface area contributed by atoms with Gasteiger partial charge in [0, 0.05) is 12.8 Å². The third-order valence-corrected chi connectivity index (χ3v) is 8.63. The van der Waals surface area contributed by atoms with Gasteiger partial charge >= 0.3 is 18.1 Å². The van der Waals surface area contributed by atoms with Crippen LogP contribution >= 0.6 is 0 Å². The largest absolute Gasteiger partial charge is 0.508 e. The lowest BCUT2D eigenvalue weighted by Crippen LogP contribution is -2.62. The van der Waals surface area contributed by atoms with Crippen LogP contribution in [0.3, 0.4) is 0 Å². The first kappa shape index (κ1) is 30.1. The summed E-state index contributed by atoms with van der Waals surface area (Å²) in [5.74, 6) is -0.728. The molecule has 4 bridgehead atoms. The predicted molar refractivity (Wildman–Crippen MR) is 142 cm³/mol. The summed E-state index contributed by atoms with van der Waals surface area (Å²) in [6.45, 7) is 14.8. The van der Waals surface area contributed by atoms with Gasteiger partial charge in [-0.1, -0.05) is 6.92 Å². The second kappa shape index (κ2) is 10.5. The van der Waals surface area contributed by atoms with E-state index < -0.39 is 46.4 Å². The minimum atomic E-state index is -0.939. The number of carbonyl (C=O) groups is 3. The molecule has 4 aliphatic carbocycles. The summed E-state index contributed by atoms with van der Waals surface area (Å²) in [5, 5.41) is 0. The van der Waals surface area contributed by atoms with Crippen molar-refractivity contribution in [3.63, 3.8) is 0 Å². The Bertz CT molecular complexity index is 933. The molecule has 4 saturated carbocycles. The summed E-state index contributed by atoms with van der Waals surface area (Å²) in [7, 11) is 0. The van der Waals surface area contributed by atoms with E-state index in [1.807, 2.05) is 41.5 Å². The minimum Gasteiger partial charge on any atom is -0.460 e. The predicted octanol–water partition coefficient (Wildman–Crippen LogP) is 5.85. The lowest BCUT2D eigenvalue weighted by atomic mass is 9.52. The average Bonchev–Trinajstić information content (AvgIpc) is 2.73. The van der Waals surface area contributed by atoms with Crippen LogP contribution in [0.25, 0.3) is 0 Å². The Kier molecular flexibility index (Phi) is 8.11. The molecule has 222 valence electrons. The summed E-state index contributed by atoms with van der Waals surface area (Å²) in [6.07, 6.45) is 4.39. The van der Waals surface area contributed by atoms with E-state index in [4.69, 9.17) is 28.4 Å². The highest BCUT2D eigenvalue weighted by atomic mass is 16.8. The van der Waals surface area contributed by atoms with Crippen LogP contribution in [0.15, 0.2) is 0 Å². The fraction of sp³-hybridized carbons (Fsp3) is 0.900. The van der Waals surface area contributed by atoms with Crippen molar-refractivity contribution in [2.45, 2.75) is 148 Å². The van der Waals surface area contributed by atoms with E-state index in [-0.39, 0.29) is 25.0 Å². The van der Waals surface area contributed by atoms with Crippen molar-refractivity contribution in [3.05, 3.63) is 0 Å². The third kappa shape index (κ3) is 7.46. The average molecular weight is 553 g/mol. The minimum absolute atomic E-state index is 0.00973. The molecule has 0 radical (unpaired) electrons. The van der Waals surface area contributed by atoms with Gasteiger partial charge in [0.05, 0.1) is 24.0 Å². The molecule has 5 fully saturated rings. The van der Waals surface area contributed by atoms with Crippen LogP contribution < -0.4 is 0 Å². The van der Waals surface area contributed by atoms with Crippen molar-refractivity contribution >= 4 is 18.1 Å². The normalized spacial score (nSPS) is 35.3. The Labute approximate surface area is 232 Å². The standard InChI is InChI=1S/C30H48O9/c1-9-27(5,6)24(32)38-29-13-19-10-20(14-29)16-30(15-19,18-29)39-25(33)34-17-22-11-21(35-28(7,8)36-22)12-23(31)37-26(2,3)4/h19-22H,9-18H2,1-8H3. The van der Waals surface area contributed by atoms with Crippen LogP contribution in [0.2, 0.25) is 0 Å². The van der Waals surface area contributed by atoms with Crippen LogP contribution in [0.5, 0.6) is 0 Å². The smallest absolute Gasteiger partial charge is 0.460 e. The van der Waals surface area contributed by atoms with Gasteiger partial charge in [0.1, 0.15) is 23.4 Å². The zero-order valence-electron chi connectivity index (χ0n) is 25.1. The van der Waals surface area contributed by atoms with Gasteiger partial charge in [-0.2, -0.15) is 0 Å². The van der Waals surface area contributed by atoms with Crippen LogP contribution in [-0.2, 0) is 38.0 Å². The summed E-state index contributed by atoms with van der Waals surface area (Å²) >= 11 is 0. The van der Waals surface area contributed by atoms with Crippen molar-refractivity contribution in [1.29, 1.82) is 0 Å². The zero-order valence-corrected chi connectivity index (χ0v) is 25.1. The summed E-state index contributed by atoms with van der Waals surface area (Å²) in [5.41, 5.74) is -2.37. The molecule has 4 atom stereocenters. The Morgan fingerprint density at radius 3 is 1.97 bits per heavy atom. The molecular weight excluding hydrogens is 504 g/mol. The van der Waals surface area contributed by atoms with Crippen molar-refractivity contribution < 1.29 is 42.8 Å². The molecule has 1 saturated heterocycles. The summed E-state index contributed by atoms with van der Waals surface area (Å²) < 4.78 is 35.2. The van der Waals surface area contributed by atoms with Crippen molar-refractivity contribution in [3.8, 4) is 0 Å². The molecule has 0 spiro atoms. The van der Waals surface area contributed by atoms with E-state index >= 15 is 0 Å². The topological polar surface area (TPSA) is 107 Å². The second-order valence-corrected chi connectivity index (χ2v) is 14.5. The number of hydrogen-bond donors (Lipinski definition) is 0. The highest BCUT2D eigenvalue weighted by Crippen LogP contribution is 2.60. The van der Waals surface area contributed by atoms with E-state index in [0.29, 0.717) is 31.1 Å². The fourth-order valence-corrected chi connectivity index (χ4v) is 7.20. The molecule has 0 aromatic carbocycles. The Morgan fingerprint density at radius 2 is 1.41 bits per heavy atom. The second-order valence-electron chi connectivity index (χ2n) is 14.5. The number of rotatable bonds is 8. The lowest BCUT2D eigenvalue weighted by molar-refractivity contribution is -0.305. The number of ether oxygens (including phenoxy) is 6. The lowest BCUT2D eigenvalue weighted by Gasteiger charge is -2.60. The van der Waals surface area contributed by atoms with Crippen LogP contribution in [0, 0.1) is 17.3 Å². The molecule has 5 aliphatic rings. The van der Waals surface area contributed by atoms with E-state index in [1.165, 1.54) is 0 Å². The quantitative estimate of drug-likeness (QED) is 0.271. The fourth-order valence-electron chi connectivity index (χ4n) is 7.20. The number of carbonyl (C=O) groups excluding carboxylic acids is 3. The molecule has 9 heteroatoms. The van der Waals surface area contributed by atoms with E-state index in [2.05, 4.69) is 0 Å². The van der Waals surface area contributed by atoms with Crippen LogP contribution in [-0.4, -0.2) is 59.5 Å². The summed E-state index contributed by atoms with van der Waals surface area (Å²) in [6, 6.07) is 0. The maximum Gasteiger partial charge on any atom is 0.508 e. The SMILES string of the molecule is CCC(C)(C)C(=O)OC12CC3CC(CC(OC(=O)OCC4CC(CC(=O)OC(C)(C)C)OC(C)(C)O4)(C3)C1)C2. The van der Waals surface area contributed by atoms with E-state index in [0.717, 1.165) is 32.1 Å². The van der Waals surface area contributed by atoms with Crippen molar-refractivity contribution in [2.75, 3.05) is 6.61 Å². The Balaban J connectivity index is 1.34. The van der Waals surface area contributed by atoms with Gasteiger partial charge in [-0.15, -0.1) is 0 Å². The molecule has 5 rings (SSSR count). The Hall–Kier alpha value is -1.87. The third-order valence-electron chi connectivity index (χ3n) is 8.63. The van der Waals surface area contributed by atoms with E-state index in [1.54, 1.807) is 13.8 Å². The molecule has 39 heavy (non-hydrogen) atoms. The monoisotopic (exact) mass is 552 g/mol. The van der Waals surface area contributed by atoms with Gasteiger partial charge in [-0.25, -0.2) is 4.79 Å². The Morgan fingerprint density at radius 1 is 0.846 bits per heavy atom. The van der Waals surface area contributed by atoms with Crippen LogP contribution in [0.4, 0.5) is 4.79 Å². The van der Waals surface area contributed by atoms with Crippen molar-refractivity contribution in [2.24, 2.45) is 17.3 Å². The molecule has 1 heterocycles. The molecule has 0 aromatic heterocycles. The highest BCUT2D eigenvalue weighted by molar-refractivity contribution is 5.76. The number of esters is 2. The molecule has 4 unspecified atom stereocenters. The number of hydrogen-bond acceptors (Lipinski definition) is 9. The van der Waals surface area contributed by atoms with Gasteiger partial charge < -0.3 is 28.4 Å². The highest BCUT2D eigenvalue weighted by Gasteiger charge is 2.62. The van der Waals surface area contributed by atoms with Gasteiger partial charge in [-0.05, 0) is 98.8 Å². The van der Waals surface area contributed by atoms with Gasteiger partial charge in [0.25, 0.3) is 0 Å². The van der Waals surface area contributed by atoms with Gasteiger partial charge in [0.15, 0.2) is 5.79 Å². The maximum absolute atomic E-state index is 13.0. The molecular formula is C30H48O9. The van der Waals surface area contributed by atoms with Crippen LogP contribution in [0.1, 0.15) is 113 Å². The molecule has 0 amide bonds. The van der Waals surface area contributed by atoms with E-state index in [9.17, 15) is 14.4 Å². The van der Waals surface area contributed by atoms with Crippen molar-refractivity contribution in [1.82, 2.24) is 0 Å². The first-order valence-electron chi connectivity index (χ1n) is 14.6.